The first-order valence-electron chi connectivity index (χ1n) is 10.5. The van der Waals surface area contributed by atoms with Gasteiger partial charge in [-0.15, -0.1) is 11.3 Å². The fraction of sp³-hybridized carbons (Fsp3) is 0.455. The maximum atomic E-state index is 12.9. The first-order chi connectivity index (χ1) is 15.5. The number of hydrogen-bond acceptors (Lipinski definition) is 7. The lowest BCUT2D eigenvalue weighted by Crippen LogP contribution is -2.39. The van der Waals surface area contributed by atoms with Gasteiger partial charge in [0.1, 0.15) is 11.3 Å². The predicted molar refractivity (Wildman–Crippen MR) is 117 cm³/mol. The van der Waals surface area contributed by atoms with E-state index in [4.69, 9.17) is 9.47 Å². The van der Waals surface area contributed by atoms with E-state index >= 15 is 0 Å². The number of carbonyl (C=O) groups is 3. The molecule has 0 spiro atoms. The van der Waals surface area contributed by atoms with Crippen molar-refractivity contribution in [3.63, 3.8) is 0 Å². The van der Waals surface area contributed by atoms with Crippen LogP contribution in [0.3, 0.4) is 0 Å². The molecule has 9 nitrogen and oxygen atoms in total. The van der Waals surface area contributed by atoms with Gasteiger partial charge in [0.25, 0.3) is 5.56 Å². The molecule has 0 radical (unpaired) electrons. The van der Waals surface area contributed by atoms with Crippen LogP contribution in [-0.2, 0) is 33.7 Å². The number of fused-ring (bicyclic) bond motifs is 1. The number of hydrogen-bond donors (Lipinski definition) is 1. The van der Waals surface area contributed by atoms with E-state index in [1.165, 1.54) is 17.7 Å². The number of rotatable bonds is 6. The summed E-state index contributed by atoms with van der Waals surface area (Å²) in [6.07, 6.45) is 1.15. The van der Waals surface area contributed by atoms with E-state index in [9.17, 15) is 19.2 Å². The molecule has 1 atom stereocenters. The maximum Gasteiger partial charge on any atom is 0.343 e. The van der Waals surface area contributed by atoms with E-state index < -0.39 is 11.9 Å². The molecule has 2 aromatic heterocycles. The number of thiophene rings is 1. The minimum Gasteiger partial charge on any atom is -0.492 e. The van der Waals surface area contributed by atoms with Crippen molar-refractivity contribution in [1.82, 2.24) is 14.8 Å². The smallest absolute Gasteiger partial charge is 0.343 e. The molecule has 4 heterocycles. The summed E-state index contributed by atoms with van der Waals surface area (Å²) in [6, 6.07) is 5.28. The van der Waals surface area contributed by atoms with Gasteiger partial charge >= 0.3 is 5.97 Å². The molecule has 0 aliphatic carbocycles. The molecular weight excluding hydrogens is 434 g/mol. The van der Waals surface area contributed by atoms with Crippen molar-refractivity contribution in [1.29, 1.82) is 0 Å². The van der Waals surface area contributed by atoms with E-state index in [2.05, 4.69) is 5.32 Å². The third kappa shape index (κ3) is 4.55. The second kappa shape index (κ2) is 9.56. The first-order valence-corrected chi connectivity index (χ1v) is 11.4. The molecule has 2 aliphatic rings. The van der Waals surface area contributed by atoms with Crippen LogP contribution in [0.1, 0.15) is 27.3 Å². The summed E-state index contributed by atoms with van der Waals surface area (Å²) >= 11 is 1.61. The topological polar surface area (TPSA) is 107 Å². The Bertz CT molecular complexity index is 1080. The molecule has 170 valence electrons. The quantitative estimate of drug-likeness (QED) is 0.642. The van der Waals surface area contributed by atoms with Crippen LogP contribution in [0.2, 0.25) is 0 Å². The molecule has 0 saturated carbocycles. The zero-order valence-corrected chi connectivity index (χ0v) is 18.6. The number of esters is 1. The van der Waals surface area contributed by atoms with Crippen molar-refractivity contribution < 1.29 is 23.9 Å². The van der Waals surface area contributed by atoms with E-state index in [0.29, 0.717) is 44.8 Å². The molecule has 2 aliphatic heterocycles. The predicted octanol–water partition coefficient (Wildman–Crippen LogP) is 0.839. The van der Waals surface area contributed by atoms with Gasteiger partial charge in [-0.05, 0) is 11.4 Å². The number of amides is 2. The van der Waals surface area contributed by atoms with Crippen LogP contribution < -0.4 is 15.6 Å². The summed E-state index contributed by atoms with van der Waals surface area (Å²) in [7, 11) is 1.29. The number of nitrogens with zero attached hydrogens (tertiary/aromatic N) is 2. The second-order valence-electron chi connectivity index (χ2n) is 7.77. The molecule has 10 heteroatoms. The van der Waals surface area contributed by atoms with Crippen molar-refractivity contribution in [2.45, 2.75) is 25.8 Å². The Hall–Kier alpha value is -3.14. The molecular formula is C22H25N3O6S. The van der Waals surface area contributed by atoms with Gasteiger partial charge in [0, 0.05) is 62.1 Å². The molecule has 0 bridgehead atoms. The van der Waals surface area contributed by atoms with Gasteiger partial charge in [-0.25, -0.2) is 4.79 Å². The molecule has 0 aromatic carbocycles. The normalized spacial score (nSPS) is 18.0. The van der Waals surface area contributed by atoms with Crippen molar-refractivity contribution in [3.05, 3.63) is 50.1 Å². The van der Waals surface area contributed by atoms with E-state index in [-0.39, 0.29) is 41.7 Å². The maximum absolute atomic E-state index is 12.9. The van der Waals surface area contributed by atoms with Gasteiger partial charge in [-0.3, -0.25) is 14.4 Å². The molecule has 1 saturated heterocycles. The molecule has 2 amide bonds. The van der Waals surface area contributed by atoms with Crippen LogP contribution in [0.5, 0.6) is 5.75 Å². The van der Waals surface area contributed by atoms with E-state index in [1.54, 1.807) is 16.2 Å². The highest BCUT2D eigenvalue weighted by molar-refractivity contribution is 7.09. The fourth-order valence-electron chi connectivity index (χ4n) is 4.16. The minimum absolute atomic E-state index is 0.115. The minimum atomic E-state index is -0.578. The summed E-state index contributed by atoms with van der Waals surface area (Å²) in [5.74, 6) is -1.01. The van der Waals surface area contributed by atoms with Gasteiger partial charge in [0.05, 0.1) is 19.6 Å². The molecule has 4 rings (SSSR count). The largest absolute Gasteiger partial charge is 0.492 e. The molecule has 0 unspecified atom stereocenters. The van der Waals surface area contributed by atoms with E-state index in [1.807, 2.05) is 17.5 Å². The van der Waals surface area contributed by atoms with Crippen molar-refractivity contribution in [2.24, 2.45) is 5.92 Å². The zero-order valence-electron chi connectivity index (χ0n) is 17.8. The summed E-state index contributed by atoms with van der Waals surface area (Å²) in [5, 5.41) is 4.66. The Labute approximate surface area is 188 Å². The Morgan fingerprint density at radius 3 is 2.78 bits per heavy atom. The molecule has 32 heavy (non-hydrogen) atoms. The number of carbonyl (C=O) groups excluding carboxylic acids is 3. The van der Waals surface area contributed by atoms with Gasteiger partial charge in [-0.2, -0.15) is 0 Å². The Balaban J connectivity index is 1.57. The molecule has 2 aromatic rings. The van der Waals surface area contributed by atoms with Crippen LogP contribution in [0.15, 0.2) is 28.4 Å². The molecule has 1 fully saturated rings. The Morgan fingerprint density at radius 2 is 2.09 bits per heavy atom. The lowest BCUT2D eigenvalue weighted by Gasteiger charge is -2.22. The van der Waals surface area contributed by atoms with Crippen LogP contribution in [-0.4, -0.2) is 60.6 Å². The molecule has 1 N–H and O–H groups in total. The lowest BCUT2D eigenvalue weighted by atomic mass is 10.1. The number of pyridine rings is 1. The van der Waals surface area contributed by atoms with Crippen LogP contribution in [0.25, 0.3) is 0 Å². The lowest BCUT2D eigenvalue weighted by molar-refractivity contribution is -0.135. The monoisotopic (exact) mass is 459 g/mol. The third-order valence-corrected chi connectivity index (χ3v) is 6.74. The van der Waals surface area contributed by atoms with Crippen LogP contribution in [0.4, 0.5) is 0 Å². The summed E-state index contributed by atoms with van der Waals surface area (Å²) in [5.41, 5.74) is 0.447. The number of aromatic nitrogens is 1. The third-order valence-electron chi connectivity index (χ3n) is 5.81. The van der Waals surface area contributed by atoms with Crippen LogP contribution in [0, 0.1) is 5.92 Å². The number of ether oxygens (including phenoxy) is 2. The van der Waals surface area contributed by atoms with Crippen LogP contribution >= 0.6 is 11.3 Å². The SMILES string of the molecule is COC(=O)c1c(OCCc2cccs2)cc(=O)n2c1CCN(C(=O)[C@@H]1CNC(=O)C1)CC2. The standard InChI is InChI=1S/C22H25N3O6S/c1-30-22(29)20-16-4-6-24(21(28)14-11-18(26)23-13-14)7-8-25(16)19(27)12-17(20)31-9-5-15-3-2-10-32-15/h2-3,10,12,14H,4-9,11,13H2,1H3,(H,23,26)/t14-/m0/s1. The Morgan fingerprint density at radius 1 is 1.25 bits per heavy atom. The van der Waals surface area contributed by atoms with Gasteiger partial charge < -0.3 is 24.3 Å². The van der Waals surface area contributed by atoms with Crippen molar-refractivity contribution >= 4 is 29.1 Å². The fourth-order valence-corrected chi connectivity index (χ4v) is 4.85. The Kier molecular flexibility index (Phi) is 6.59. The van der Waals surface area contributed by atoms with E-state index in [0.717, 1.165) is 4.88 Å². The summed E-state index contributed by atoms with van der Waals surface area (Å²) < 4.78 is 12.4. The average molecular weight is 460 g/mol. The highest BCUT2D eigenvalue weighted by Crippen LogP contribution is 2.25. The average Bonchev–Trinajstić information content (AvgIpc) is 3.40. The first kappa shape index (κ1) is 22.1. The van der Waals surface area contributed by atoms with Gasteiger partial charge in [-0.1, -0.05) is 6.07 Å². The second-order valence-corrected chi connectivity index (χ2v) is 8.80. The van der Waals surface area contributed by atoms with Crippen molar-refractivity contribution in [2.75, 3.05) is 33.4 Å². The number of methoxy groups -OCH3 is 1. The zero-order chi connectivity index (χ0) is 22.7. The highest BCUT2D eigenvalue weighted by atomic mass is 32.1. The summed E-state index contributed by atoms with van der Waals surface area (Å²) in [4.78, 5) is 52.6. The highest BCUT2D eigenvalue weighted by Gasteiger charge is 2.33. The van der Waals surface area contributed by atoms with Crippen molar-refractivity contribution in [3.8, 4) is 5.75 Å². The van der Waals surface area contributed by atoms with Gasteiger partial charge in [0.2, 0.25) is 11.8 Å². The van der Waals surface area contributed by atoms with Gasteiger partial charge in [0.15, 0.2) is 0 Å². The number of nitrogens with one attached hydrogen (secondary N) is 1. The summed E-state index contributed by atoms with van der Waals surface area (Å²) in [6.45, 7) is 1.58.